The number of amides is 4. The Balaban J connectivity index is 1.18. The predicted octanol–water partition coefficient (Wildman–Crippen LogP) is 5.77. The first-order valence-electron chi connectivity index (χ1n) is 18.6. The number of nitrogens with two attached hydrogens (primary N) is 1. The molecule has 0 spiro atoms. The Labute approximate surface area is 326 Å². The van der Waals surface area contributed by atoms with Gasteiger partial charge < -0.3 is 40.3 Å². The molecular formula is C38H45F3N10O6. The lowest BCUT2D eigenvalue weighted by Gasteiger charge is -2.30. The maximum atomic E-state index is 14.4. The fourth-order valence-corrected chi connectivity index (χ4v) is 7.29. The van der Waals surface area contributed by atoms with Crippen molar-refractivity contribution >= 4 is 24.0 Å². The highest BCUT2D eigenvalue weighted by atomic mass is 19.4. The predicted molar refractivity (Wildman–Crippen MR) is 198 cm³/mol. The van der Waals surface area contributed by atoms with E-state index in [1.54, 1.807) is 63.3 Å². The van der Waals surface area contributed by atoms with Crippen molar-refractivity contribution in [3.05, 3.63) is 60.2 Å². The molecular weight excluding hydrogens is 749 g/mol. The monoisotopic (exact) mass is 794 g/mol. The summed E-state index contributed by atoms with van der Waals surface area (Å²) in [4.78, 5) is 76.9. The number of carbonyl (C=O) groups is 4. The third kappa shape index (κ3) is 8.71. The standard InChI is InChI=1S/C38H45F3N10O6/c1-19(2)27(48-37(55)56-5)34(52)50-14-7-9-26(50)33-47-28(30(49-33)38(39,40)41)21-10-12-22(13-11-21)31-43-16-23(17-44-31)24-18-45-32(46-24)25-8-6-15-51(25)35(53)29(20(3)4)57-36(42)54/h10-13,16-20,25-27,29H,6-9,14-15H2,1-5H3,(H2,42,54)(H,45,46)(H,47,49)(H,48,55)/t25-,26-,27-,29-/m0/s1. The van der Waals surface area contributed by atoms with Gasteiger partial charge in [-0.3, -0.25) is 9.59 Å². The summed E-state index contributed by atoms with van der Waals surface area (Å²) in [6.45, 7) is 7.80. The number of H-pyrrole nitrogens is 2. The van der Waals surface area contributed by atoms with Crippen LogP contribution in [0, 0.1) is 11.8 Å². The van der Waals surface area contributed by atoms with Gasteiger partial charge in [-0.1, -0.05) is 52.0 Å². The molecule has 1 aromatic carbocycles. The van der Waals surface area contributed by atoms with E-state index < -0.39 is 48.2 Å². The number of alkyl carbamates (subject to hydrolysis) is 1. The fourth-order valence-electron chi connectivity index (χ4n) is 7.29. The van der Waals surface area contributed by atoms with Gasteiger partial charge in [-0.15, -0.1) is 0 Å². The zero-order valence-corrected chi connectivity index (χ0v) is 32.1. The highest BCUT2D eigenvalue weighted by Gasteiger charge is 2.42. The van der Waals surface area contributed by atoms with Gasteiger partial charge in [-0.2, -0.15) is 13.2 Å². The van der Waals surface area contributed by atoms with E-state index >= 15 is 0 Å². The molecule has 6 rings (SSSR count). The van der Waals surface area contributed by atoms with Crippen LogP contribution < -0.4 is 11.1 Å². The van der Waals surface area contributed by atoms with Gasteiger partial charge in [-0.25, -0.2) is 29.5 Å². The number of benzene rings is 1. The summed E-state index contributed by atoms with van der Waals surface area (Å²) < 4.78 is 52.9. The van der Waals surface area contributed by atoms with Gasteiger partial charge in [0.05, 0.1) is 36.8 Å². The van der Waals surface area contributed by atoms with Crippen LogP contribution in [0.4, 0.5) is 22.8 Å². The lowest BCUT2D eigenvalue weighted by molar-refractivity contribution is -0.143. The Morgan fingerprint density at radius 1 is 0.825 bits per heavy atom. The summed E-state index contributed by atoms with van der Waals surface area (Å²) in [7, 11) is 1.18. The van der Waals surface area contributed by atoms with Crippen LogP contribution in [0.1, 0.15) is 82.8 Å². The lowest BCUT2D eigenvalue weighted by atomic mass is 10.0. The first-order valence-corrected chi connectivity index (χ1v) is 18.6. The summed E-state index contributed by atoms with van der Waals surface area (Å²) in [6.07, 6.45) is -0.508. The Morgan fingerprint density at radius 3 is 1.98 bits per heavy atom. The van der Waals surface area contributed by atoms with Gasteiger partial charge in [0.15, 0.2) is 17.6 Å². The number of halogens is 3. The van der Waals surface area contributed by atoms with Crippen LogP contribution in [0.3, 0.4) is 0 Å². The van der Waals surface area contributed by atoms with Crippen LogP contribution in [0.2, 0.25) is 0 Å². The van der Waals surface area contributed by atoms with Crippen molar-refractivity contribution in [1.82, 2.24) is 45.0 Å². The number of rotatable bonds is 11. The molecule has 19 heteroatoms. The first kappa shape index (κ1) is 40.6. The van der Waals surface area contributed by atoms with Crippen molar-refractivity contribution in [3.63, 3.8) is 0 Å². The molecule has 0 bridgehead atoms. The molecule has 304 valence electrons. The Kier molecular flexibility index (Phi) is 11.8. The zero-order valence-electron chi connectivity index (χ0n) is 32.1. The molecule has 5 heterocycles. The molecule has 2 fully saturated rings. The number of aromatic amines is 2. The maximum Gasteiger partial charge on any atom is 0.435 e. The first-order chi connectivity index (χ1) is 27.1. The second-order valence-corrected chi connectivity index (χ2v) is 14.7. The topological polar surface area (TPSA) is 214 Å². The third-order valence-corrected chi connectivity index (χ3v) is 10.2. The van der Waals surface area contributed by atoms with Crippen molar-refractivity contribution in [2.24, 2.45) is 17.6 Å². The van der Waals surface area contributed by atoms with E-state index in [-0.39, 0.29) is 47.4 Å². The van der Waals surface area contributed by atoms with Crippen molar-refractivity contribution in [2.75, 3.05) is 20.2 Å². The van der Waals surface area contributed by atoms with Gasteiger partial charge in [0.2, 0.25) is 5.91 Å². The van der Waals surface area contributed by atoms with E-state index in [1.807, 2.05) is 0 Å². The van der Waals surface area contributed by atoms with Gasteiger partial charge in [0.25, 0.3) is 5.91 Å². The Hall–Kier alpha value is -6.01. The average Bonchev–Trinajstić information content (AvgIpc) is 4.01. The van der Waals surface area contributed by atoms with Crippen molar-refractivity contribution in [1.29, 1.82) is 0 Å². The van der Waals surface area contributed by atoms with Crippen LogP contribution in [0.5, 0.6) is 0 Å². The minimum Gasteiger partial charge on any atom is -0.453 e. The number of hydrogen-bond acceptors (Lipinski definition) is 10. The van der Waals surface area contributed by atoms with E-state index in [9.17, 15) is 32.3 Å². The Bertz CT molecular complexity index is 2080. The Morgan fingerprint density at radius 2 is 1.42 bits per heavy atom. The van der Waals surface area contributed by atoms with E-state index in [0.29, 0.717) is 54.3 Å². The number of hydrogen-bond donors (Lipinski definition) is 4. The van der Waals surface area contributed by atoms with E-state index in [1.165, 1.54) is 24.1 Å². The van der Waals surface area contributed by atoms with Crippen LogP contribution >= 0.6 is 0 Å². The number of nitrogens with one attached hydrogen (secondary N) is 3. The number of imidazole rings is 2. The lowest BCUT2D eigenvalue weighted by Crippen LogP contribution is -2.51. The zero-order chi connectivity index (χ0) is 41.2. The fraction of sp³-hybridized carbons (Fsp3) is 0.474. The molecule has 4 atom stereocenters. The number of ether oxygens (including phenoxy) is 2. The molecule has 3 aromatic heterocycles. The second kappa shape index (κ2) is 16.6. The molecule has 2 aliphatic rings. The molecule has 0 aliphatic carbocycles. The van der Waals surface area contributed by atoms with Crippen LogP contribution in [-0.2, 0) is 25.2 Å². The SMILES string of the molecule is COC(=O)N[C@H](C(=O)N1CCC[C@H]1c1nc(C(F)(F)F)c(-c2ccc(-c3ncc(-c4cnc([C@@H]5CCCN5C(=O)[C@@H](OC(N)=O)C(C)C)[nH]4)cn3)cc2)[nH]1)C(C)C. The van der Waals surface area contributed by atoms with Crippen molar-refractivity contribution in [3.8, 4) is 33.9 Å². The summed E-state index contributed by atoms with van der Waals surface area (Å²) in [6, 6.07) is 4.18. The van der Waals surface area contributed by atoms with Gasteiger partial charge in [-0.05, 0) is 37.5 Å². The quantitative estimate of drug-likeness (QED) is 0.144. The van der Waals surface area contributed by atoms with Crippen molar-refractivity contribution in [2.45, 2.75) is 83.8 Å². The summed E-state index contributed by atoms with van der Waals surface area (Å²) in [5.74, 6) is -0.491. The molecule has 4 amide bonds. The molecule has 4 aromatic rings. The summed E-state index contributed by atoms with van der Waals surface area (Å²) >= 11 is 0. The molecule has 0 radical (unpaired) electrons. The normalized spacial score (nSPS) is 18.2. The summed E-state index contributed by atoms with van der Waals surface area (Å²) in [5.41, 5.74) is 5.84. The second-order valence-electron chi connectivity index (χ2n) is 14.7. The molecule has 16 nitrogen and oxygen atoms in total. The average molecular weight is 795 g/mol. The van der Waals surface area contributed by atoms with E-state index in [0.717, 1.165) is 6.42 Å². The molecule has 2 aliphatic heterocycles. The summed E-state index contributed by atoms with van der Waals surface area (Å²) in [5, 5.41) is 2.53. The number of alkyl halides is 3. The van der Waals surface area contributed by atoms with Crippen molar-refractivity contribution < 1.29 is 41.8 Å². The van der Waals surface area contributed by atoms with E-state index in [4.69, 9.17) is 10.5 Å². The molecule has 2 saturated heterocycles. The smallest absolute Gasteiger partial charge is 0.435 e. The molecule has 0 unspecified atom stereocenters. The van der Waals surface area contributed by atoms with Gasteiger partial charge in [0, 0.05) is 42.2 Å². The number of aromatic nitrogens is 6. The maximum absolute atomic E-state index is 14.4. The van der Waals surface area contributed by atoms with Crippen LogP contribution in [0.25, 0.3) is 33.9 Å². The molecule has 0 saturated carbocycles. The van der Waals surface area contributed by atoms with Crippen LogP contribution in [0.15, 0.2) is 42.9 Å². The minimum atomic E-state index is -4.80. The van der Waals surface area contributed by atoms with E-state index in [2.05, 4.69) is 40.0 Å². The highest BCUT2D eigenvalue weighted by molar-refractivity contribution is 5.86. The number of nitrogens with zero attached hydrogens (tertiary/aromatic N) is 6. The number of likely N-dealkylation sites (tertiary alicyclic amines) is 2. The van der Waals surface area contributed by atoms with Crippen LogP contribution in [-0.4, -0.2) is 96.0 Å². The minimum absolute atomic E-state index is 0.00203. The molecule has 57 heavy (non-hydrogen) atoms. The molecule has 5 N–H and O–H groups in total. The largest absolute Gasteiger partial charge is 0.453 e. The number of carbonyl (C=O) groups excluding carboxylic acids is 4. The number of methoxy groups -OCH3 is 1. The number of primary amides is 1. The van der Waals surface area contributed by atoms with Gasteiger partial charge >= 0.3 is 18.4 Å². The van der Waals surface area contributed by atoms with Gasteiger partial charge in [0.1, 0.15) is 17.7 Å². The highest BCUT2D eigenvalue weighted by Crippen LogP contribution is 2.40. The third-order valence-electron chi connectivity index (χ3n) is 10.2.